The zero-order valence-corrected chi connectivity index (χ0v) is 11.7. The van der Waals surface area contributed by atoms with E-state index in [0.29, 0.717) is 6.42 Å². The predicted octanol–water partition coefficient (Wildman–Crippen LogP) is 3.53. The number of nitrogens with zero attached hydrogens (tertiary/aromatic N) is 1. The van der Waals surface area contributed by atoms with E-state index in [1.807, 2.05) is 30.3 Å². The smallest absolute Gasteiger partial charge is 0.165 e. The summed E-state index contributed by atoms with van der Waals surface area (Å²) in [5.74, 6) is 0.101. The van der Waals surface area contributed by atoms with Gasteiger partial charge in [0.25, 0.3) is 0 Å². The molecule has 1 aliphatic rings. The van der Waals surface area contributed by atoms with E-state index in [9.17, 15) is 4.79 Å². The zero-order valence-electron chi connectivity index (χ0n) is 10.2. The number of benzene rings is 1. The van der Waals surface area contributed by atoms with Gasteiger partial charge in [0.05, 0.1) is 5.50 Å². The Balaban J connectivity index is 1.87. The van der Waals surface area contributed by atoms with Gasteiger partial charge in [0.15, 0.2) is 5.78 Å². The predicted molar refractivity (Wildman–Crippen MR) is 75.5 cm³/mol. The molecule has 0 amide bonds. The molecule has 1 aliphatic heterocycles. The summed E-state index contributed by atoms with van der Waals surface area (Å²) in [6.07, 6.45) is 2.26. The molecule has 1 saturated heterocycles. The van der Waals surface area contributed by atoms with Crippen LogP contribution in [0.5, 0.6) is 0 Å². The Labute approximate surface area is 118 Å². The molecule has 0 saturated carbocycles. The number of Topliss-reactive ketones (excluding diaryl/α,β-unsaturated/α-hetero) is 1. The van der Waals surface area contributed by atoms with E-state index >= 15 is 0 Å². The third-order valence-corrected chi connectivity index (χ3v) is 4.17. The fourth-order valence-corrected chi connectivity index (χ4v) is 2.70. The minimum absolute atomic E-state index is 0.101. The van der Waals surface area contributed by atoms with Crippen LogP contribution >= 0.6 is 23.2 Å². The molecule has 98 valence electrons. The largest absolute Gasteiger partial charge is 0.294 e. The number of rotatable bonds is 4. The molecule has 1 fully saturated rings. The Hall–Kier alpha value is -0.570. The van der Waals surface area contributed by atoms with Crippen molar-refractivity contribution in [1.29, 1.82) is 0 Å². The van der Waals surface area contributed by atoms with Gasteiger partial charge in [0.2, 0.25) is 0 Å². The Morgan fingerprint density at radius 2 is 1.89 bits per heavy atom. The van der Waals surface area contributed by atoms with Crippen molar-refractivity contribution < 1.29 is 4.79 Å². The molecule has 1 aromatic carbocycles. The van der Waals surface area contributed by atoms with Crippen LogP contribution in [0.2, 0.25) is 0 Å². The van der Waals surface area contributed by atoms with Crippen LogP contribution in [0.1, 0.15) is 29.6 Å². The van der Waals surface area contributed by atoms with Gasteiger partial charge >= 0.3 is 0 Å². The molecule has 0 N–H and O–H groups in total. The zero-order chi connectivity index (χ0) is 13.0. The summed E-state index contributed by atoms with van der Waals surface area (Å²) in [5, 5.41) is 0.259. The highest BCUT2D eigenvalue weighted by Gasteiger charge is 2.24. The van der Waals surface area contributed by atoms with Crippen LogP contribution in [0.15, 0.2) is 30.3 Å². The molecule has 0 aromatic heterocycles. The summed E-state index contributed by atoms with van der Waals surface area (Å²) in [7, 11) is 0. The third kappa shape index (κ3) is 3.71. The summed E-state index contributed by atoms with van der Waals surface area (Å²) in [6, 6.07) is 9.30. The highest BCUT2D eigenvalue weighted by atomic mass is 35.5. The lowest BCUT2D eigenvalue weighted by Crippen LogP contribution is -2.40. The average molecular weight is 286 g/mol. The number of alkyl halides is 2. The highest BCUT2D eigenvalue weighted by Crippen LogP contribution is 2.21. The van der Waals surface area contributed by atoms with E-state index < -0.39 is 0 Å². The van der Waals surface area contributed by atoms with E-state index in [2.05, 4.69) is 4.90 Å². The molecular weight excluding hydrogens is 269 g/mol. The molecule has 2 rings (SSSR count). The van der Waals surface area contributed by atoms with Crippen molar-refractivity contribution in [1.82, 2.24) is 4.90 Å². The summed E-state index contributed by atoms with van der Waals surface area (Å²) in [5.41, 5.74) is 0.511. The van der Waals surface area contributed by atoms with Gasteiger partial charge in [-0.15, -0.1) is 23.2 Å². The second kappa shape index (κ2) is 6.55. The Morgan fingerprint density at radius 3 is 2.50 bits per heavy atom. The summed E-state index contributed by atoms with van der Waals surface area (Å²) < 4.78 is 0. The van der Waals surface area contributed by atoms with E-state index in [0.717, 1.165) is 31.5 Å². The number of likely N-dealkylation sites (tertiary alicyclic amines) is 1. The van der Waals surface area contributed by atoms with Gasteiger partial charge < -0.3 is 0 Å². The first-order valence-corrected chi connectivity index (χ1v) is 7.14. The fraction of sp³-hybridized carbons (Fsp3) is 0.500. The van der Waals surface area contributed by atoms with Crippen molar-refractivity contribution in [3.8, 4) is 0 Å². The maximum absolute atomic E-state index is 12.0. The lowest BCUT2D eigenvalue weighted by molar-refractivity contribution is 0.0945. The topological polar surface area (TPSA) is 20.3 Å². The molecule has 0 aliphatic carbocycles. The van der Waals surface area contributed by atoms with E-state index in [1.54, 1.807) is 0 Å². The molecule has 0 radical (unpaired) electrons. The van der Waals surface area contributed by atoms with E-state index in [4.69, 9.17) is 23.2 Å². The van der Waals surface area contributed by atoms with Crippen LogP contribution in [-0.4, -0.2) is 34.7 Å². The first-order valence-electron chi connectivity index (χ1n) is 6.27. The highest BCUT2D eigenvalue weighted by molar-refractivity contribution is 6.22. The van der Waals surface area contributed by atoms with Crippen LogP contribution in [0.3, 0.4) is 0 Å². The first-order chi connectivity index (χ1) is 8.66. The van der Waals surface area contributed by atoms with Gasteiger partial charge in [-0.25, -0.2) is 0 Å². The van der Waals surface area contributed by atoms with Crippen molar-refractivity contribution in [2.75, 3.05) is 13.1 Å². The number of hydrogen-bond donors (Lipinski definition) is 0. The number of carbonyl (C=O) groups excluding carboxylic acids is 1. The second-order valence-electron chi connectivity index (χ2n) is 4.64. The molecule has 1 atom stereocenters. The number of piperidine rings is 1. The van der Waals surface area contributed by atoms with Crippen LogP contribution in [0, 0.1) is 0 Å². The minimum Gasteiger partial charge on any atom is -0.294 e. The van der Waals surface area contributed by atoms with E-state index in [-0.39, 0.29) is 16.7 Å². The quantitative estimate of drug-likeness (QED) is 0.479. The normalized spacial score (nSPS) is 19.7. The molecule has 4 heteroatoms. The van der Waals surface area contributed by atoms with Gasteiger partial charge in [-0.2, -0.15) is 0 Å². The average Bonchev–Trinajstić information content (AvgIpc) is 2.40. The Kier molecular flexibility index (Phi) is 5.04. The van der Waals surface area contributed by atoms with Gasteiger partial charge in [0.1, 0.15) is 0 Å². The van der Waals surface area contributed by atoms with Crippen LogP contribution in [0.4, 0.5) is 0 Å². The van der Waals surface area contributed by atoms with Crippen LogP contribution < -0.4 is 0 Å². The first kappa shape index (κ1) is 13.9. The summed E-state index contributed by atoms with van der Waals surface area (Å²) in [4.78, 5) is 14.2. The number of halogens is 2. The molecule has 1 aromatic rings. The molecular formula is C14H17Cl2NO. The van der Waals surface area contributed by atoms with Crippen molar-refractivity contribution in [2.45, 2.75) is 30.1 Å². The maximum Gasteiger partial charge on any atom is 0.165 e. The molecule has 18 heavy (non-hydrogen) atoms. The molecule has 0 spiro atoms. The van der Waals surface area contributed by atoms with Crippen molar-refractivity contribution in [2.24, 2.45) is 0 Å². The standard InChI is InChI=1S/C14H17Cl2NO/c15-12-6-8-17(9-7-12)14(16)10-13(18)11-4-2-1-3-5-11/h1-5,12,14H,6-10H2. The number of ketones is 1. The second-order valence-corrected chi connectivity index (χ2v) is 5.76. The van der Waals surface area contributed by atoms with Gasteiger partial charge in [-0.05, 0) is 12.8 Å². The Morgan fingerprint density at radius 1 is 1.28 bits per heavy atom. The SMILES string of the molecule is O=C(CC(Cl)N1CCC(Cl)CC1)c1ccccc1. The lowest BCUT2D eigenvalue weighted by Gasteiger charge is -2.32. The van der Waals surface area contributed by atoms with Gasteiger partial charge in [0, 0.05) is 30.5 Å². The number of carbonyl (C=O) groups is 1. The van der Waals surface area contributed by atoms with Crippen LogP contribution in [0.25, 0.3) is 0 Å². The number of hydrogen-bond acceptors (Lipinski definition) is 2. The van der Waals surface area contributed by atoms with E-state index in [1.165, 1.54) is 0 Å². The van der Waals surface area contributed by atoms with Gasteiger partial charge in [-0.3, -0.25) is 9.69 Å². The van der Waals surface area contributed by atoms with Crippen molar-refractivity contribution in [3.05, 3.63) is 35.9 Å². The van der Waals surface area contributed by atoms with Gasteiger partial charge in [-0.1, -0.05) is 30.3 Å². The monoisotopic (exact) mass is 285 g/mol. The fourth-order valence-electron chi connectivity index (χ4n) is 2.17. The Bertz CT molecular complexity index is 388. The van der Waals surface area contributed by atoms with Crippen molar-refractivity contribution in [3.63, 3.8) is 0 Å². The molecule has 0 bridgehead atoms. The summed E-state index contributed by atoms with van der Waals surface area (Å²) >= 11 is 12.4. The lowest BCUT2D eigenvalue weighted by atomic mass is 10.1. The minimum atomic E-state index is -0.220. The maximum atomic E-state index is 12.0. The summed E-state index contributed by atoms with van der Waals surface area (Å²) in [6.45, 7) is 1.76. The van der Waals surface area contributed by atoms with Crippen LogP contribution in [-0.2, 0) is 0 Å². The molecule has 2 nitrogen and oxygen atoms in total. The molecule has 1 heterocycles. The third-order valence-electron chi connectivity index (χ3n) is 3.30. The molecule has 1 unspecified atom stereocenters. The van der Waals surface area contributed by atoms with Crippen molar-refractivity contribution >= 4 is 29.0 Å².